The van der Waals surface area contributed by atoms with Crippen molar-refractivity contribution in [2.75, 3.05) is 12.8 Å². The van der Waals surface area contributed by atoms with Crippen molar-refractivity contribution < 1.29 is 4.74 Å². The molecule has 0 radical (unpaired) electrons. The number of ether oxygens (including phenoxy) is 1. The van der Waals surface area contributed by atoms with E-state index in [2.05, 4.69) is 30.7 Å². The van der Waals surface area contributed by atoms with Crippen LogP contribution < -0.4 is 5.73 Å². The van der Waals surface area contributed by atoms with Gasteiger partial charge in [0.1, 0.15) is 16.8 Å². The Bertz CT molecular complexity index is 530. The number of methoxy groups -OCH3 is 1. The van der Waals surface area contributed by atoms with Gasteiger partial charge in [-0.2, -0.15) is 0 Å². The third-order valence-corrected chi connectivity index (χ3v) is 3.44. The Balaban J connectivity index is 2.54. The van der Waals surface area contributed by atoms with Crippen LogP contribution in [0.25, 0.3) is 10.2 Å². The highest BCUT2D eigenvalue weighted by molar-refractivity contribution is 7.16. The smallest absolute Gasteiger partial charge is 0.161 e. The number of aromatic nitrogens is 2. The molecule has 0 aliphatic rings. The maximum absolute atomic E-state index is 5.94. The van der Waals surface area contributed by atoms with E-state index >= 15 is 0 Å². The lowest BCUT2D eigenvalue weighted by Gasteiger charge is -2.28. The minimum atomic E-state index is -0.156. The zero-order valence-electron chi connectivity index (χ0n) is 10.5. The number of thiophene rings is 1. The van der Waals surface area contributed by atoms with E-state index in [0.29, 0.717) is 11.6 Å². The lowest BCUT2D eigenvalue weighted by atomic mass is 9.88. The highest BCUT2D eigenvalue weighted by atomic mass is 32.1. The maximum atomic E-state index is 5.94. The summed E-state index contributed by atoms with van der Waals surface area (Å²) in [5.74, 6) is 1.19. The van der Waals surface area contributed by atoms with Gasteiger partial charge in [0, 0.05) is 7.11 Å². The molecule has 92 valence electrons. The summed E-state index contributed by atoms with van der Waals surface area (Å²) in [6.07, 6.45) is -0.156. The van der Waals surface area contributed by atoms with Gasteiger partial charge in [0.25, 0.3) is 0 Å². The zero-order chi connectivity index (χ0) is 12.6. The fourth-order valence-electron chi connectivity index (χ4n) is 1.86. The number of anilines is 1. The van der Waals surface area contributed by atoms with Gasteiger partial charge in [0.15, 0.2) is 5.82 Å². The molecule has 1 atom stereocenters. The van der Waals surface area contributed by atoms with Gasteiger partial charge in [0.2, 0.25) is 0 Å². The minimum Gasteiger partial charge on any atom is -0.383 e. The second kappa shape index (κ2) is 4.23. The van der Waals surface area contributed by atoms with Crippen molar-refractivity contribution in [3.63, 3.8) is 0 Å². The van der Waals surface area contributed by atoms with E-state index in [1.807, 2.05) is 11.4 Å². The Morgan fingerprint density at radius 2 is 2.06 bits per heavy atom. The predicted molar refractivity (Wildman–Crippen MR) is 71.0 cm³/mol. The molecule has 2 N–H and O–H groups in total. The molecule has 2 rings (SSSR count). The summed E-state index contributed by atoms with van der Waals surface area (Å²) in [4.78, 5) is 9.81. The zero-order valence-corrected chi connectivity index (χ0v) is 11.3. The van der Waals surface area contributed by atoms with Crippen LogP contribution in [0.1, 0.15) is 32.7 Å². The van der Waals surface area contributed by atoms with Crippen LogP contribution >= 0.6 is 11.3 Å². The summed E-state index contributed by atoms with van der Waals surface area (Å²) in [7, 11) is 1.67. The molecular weight excluding hydrogens is 234 g/mol. The van der Waals surface area contributed by atoms with E-state index in [1.165, 1.54) is 0 Å². The number of hydrogen-bond donors (Lipinski definition) is 1. The Hall–Kier alpha value is -1.20. The van der Waals surface area contributed by atoms with Gasteiger partial charge in [-0.3, -0.25) is 0 Å². The number of nitrogens with two attached hydrogens (primary N) is 1. The summed E-state index contributed by atoms with van der Waals surface area (Å²) < 4.78 is 5.51. The van der Waals surface area contributed by atoms with E-state index < -0.39 is 0 Å². The monoisotopic (exact) mass is 251 g/mol. The van der Waals surface area contributed by atoms with Crippen molar-refractivity contribution in [1.29, 1.82) is 0 Å². The molecule has 0 aromatic carbocycles. The van der Waals surface area contributed by atoms with Crippen molar-refractivity contribution in [3.8, 4) is 0 Å². The topological polar surface area (TPSA) is 61.0 Å². The second-order valence-electron chi connectivity index (χ2n) is 5.09. The molecule has 2 aromatic heterocycles. The molecule has 2 heterocycles. The van der Waals surface area contributed by atoms with Gasteiger partial charge in [-0.1, -0.05) is 20.8 Å². The third kappa shape index (κ3) is 2.25. The van der Waals surface area contributed by atoms with Crippen LogP contribution in [0.3, 0.4) is 0 Å². The number of hydrogen-bond acceptors (Lipinski definition) is 5. The minimum absolute atomic E-state index is 0.0634. The van der Waals surface area contributed by atoms with Gasteiger partial charge in [0.05, 0.1) is 5.39 Å². The van der Waals surface area contributed by atoms with Gasteiger partial charge >= 0.3 is 0 Å². The number of nitrogen functional groups attached to an aromatic ring is 1. The van der Waals surface area contributed by atoms with Crippen molar-refractivity contribution in [1.82, 2.24) is 9.97 Å². The lowest BCUT2D eigenvalue weighted by Crippen LogP contribution is -2.22. The van der Waals surface area contributed by atoms with E-state index in [-0.39, 0.29) is 11.5 Å². The second-order valence-corrected chi connectivity index (χ2v) is 5.98. The number of fused-ring (bicyclic) bond motifs is 1. The Morgan fingerprint density at radius 1 is 1.35 bits per heavy atom. The van der Waals surface area contributed by atoms with Gasteiger partial charge in [-0.15, -0.1) is 11.3 Å². The molecule has 0 aliphatic heterocycles. The summed E-state index contributed by atoms with van der Waals surface area (Å²) >= 11 is 1.57. The maximum Gasteiger partial charge on any atom is 0.161 e. The molecule has 17 heavy (non-hydrogen) atoms. The summed E-state index contributed by atoms with van der Waals surface area (Å²) in [6, 6.07) is 1.94. The van der Waals surface area contributed by atoms with Gasteiger partial charge < -0.3 is 10.5 Å². The molecule has 4 nitrogen and oxygen atoms in total. The first-order chi connectivity index (χ1) is 7.93. The van der Waals surface area contributed by atoms with Crippen LogP contribution in [0.4, 0.5) is 5.82 Å². The SMILES string of the molecule is COC(c1nc(N)c2ccsc2n1)C(C)(C)C. The highest BCUT2D eigenvalue weighted by Crippen LogP contribution is 2.35. The predicted octanol–water partition coefficient (Wildman–Crippen LogP) is 3.01. The molecule has 0 spiro atoms. The molecule has 1 unspecified atom stereocenters. The molecule has 5 heteroatoms. The molecule has 0 saturated heterocycles. The third-order valence-electron chi connectivity index (χ3n) is 2.63. The molecule has 0 fully saturated rings. The van der Waals surface area contributed by atoms with Crippen LogP contribution in [-0.4, -0.2) is 17.1 Å². The molecule has 0 amide bonds. The van der Waals surface area contributed by atoms with Crippen LogP contribution in [0, 0.1) is 5.41 Å². The van der Waals surface area contributed by atoms with Crippen molar-refractivity contribution >= 4 is 27.4 Å². The van der Waals surface area contributed by atoms with E-state index in [4.69, 9.17) is 10.5 Å². The van der Waals surface area contributed by atoms with Crippen molar-refractivity contribution in [3.05, 3.63) is 17.3 Å². The van der Waals surface area contributed by atoms with Crippen LogP contribution in [-0.2, 0) is 4.74 Å². The fourth-order valence-corrected chi connectivity index (χ4v) is 2.64. The Labute approximate surface area is 105 Å². The number of nitrogens with zero attached hydrogens (tertiary/aromatic N) is 2. The molecular formula is C12H17N3OS. The van der Waals surface area contributed by atoms with Crippen LogP contribution in [0.2, 0.25) is 0 Å². The van der Waals surface area contributed by atoms with E-state index in [0.717, 1.165) is 10.2 Å². The fraction of sp³-hybridized carbons (Fsp3) is 0.500. The molecule has 2 aromatic rings. The standard InChI is InChI=1S/C12H17N3OS/c1-12(2,3)8(16-4)10-14-9(13)7-5-6-17-11(7)15-10/h5-6,8H,1-4H3,(H2,13,14,15). The summed E-state index contributed by atoms with van der Waals surface area (Å²) in [6.45, 7) is 6.29. The summed E-state index contributed by atoms with van der Waals surface area (Å²) in [5, 5.41) is 2.89. The van der Waals surface area contributed by atoms with E-state index in [9.17, 15) is 0 Å². The average Bonchev–Trinajstić information content (AvgIpc) is 2.64. The van der Waals surface area contributed by atoms with Crippen LogP contribution in [0.5, 0.6) is 0 Å². The molecule has 0 saturated carbocycles. The summed E-state index contributed by atoms with van der Waals surface area (Å²) in [5.41, 5.74) is 5.87. The first-order valence-corrected chi connectivity index (χ1v) is 6.35. The largest absolute Gasteiger partial charge is 0.383 e. The Morgan fingerprint density at radius 3 is 2.65 bits per heavy atom. The Kier molecular flexibility index (Phi) is 3.05. The van der Waals surface area contributed by atoms with Crippen LogP contribution in [0.15, 0.2) is 11.4 Å². The molecule has 0 bridgehead atoms. The first kappa shape index (κ1) is 12.3. The quantitative estimate of drug-likeness (QED) is 0.891. The van der Waals surface area contributed by atoms with E-state index in [1.54, 1.807) is 18.4 Å². The van der Waals surface area contributed by atoms with Crippen molar-refractivity contribution in [2.45, 2.75) is 26.9 Å². The number of rotatable bonds is 2. The first-order valence-electron chi connectivity index (χ1n) is 5.47. The lowest BCUT2D eigenvalue weighted by molar-refractivity contribution is 0.00905. The normalized spacial score (nSPS) is 14.1. The highest BCUT2D eigenvalue weighted by Gasteiger charge is 2.29. The molecule has 0 aliphatic carbocycles. The van der Waals surface area contributed by atoms with Gasteiger partial charge in [-0.25, -0.2) is 9.97 Å². The van der Waals surface area contributed by atoms with Crippen molar-refractivity contribution in [2.24, 2.45) is 5.41 Å². The average molecular weight is 251 g/mol. The van der Waals surface area contributed by atoms with Gasteiger partial charge in [-0.05, 0) is 16.9 Å².